The van der Waals surface area contributed by atoms with Crippen molar-refractivity contribution in [3.05, 3.63) is 23.3 Å². The lowest BCUT2D eigenvalue weighted by Crippen LogP contribution is -2.27. The van der Waals surface area contributed by atoms with Gasteiger partial charge in [-0.15, -0.1) is 0 Å². The van der Waals surface area contributed by atoms with Crippen LogP contribution in [0.4, 0.5) is 0 Å². The van der Waals surface area contributed by atoms with E-state index in [0.717, 1.165) is 22.6 Å². The number of hydrogen-bond acceptors (Lipinski definition) is 4. The summed E-state index contributed by atoms with van der Waals surface area (Å²) in [5.74, 6) is 1.53. The van der Waals surface area contributed by atoms with Gasteiger partial charge in [0.2, 0.25) is 6.79 Å². The van der Waals surface area contributed by atoms with Gasteiger partial charge in [-0.1, -0.05) is 0 Å². The molecule has 16 heavy (non-hydrogen) atoms. The largest absolute Gasteiger partial charge is 0.454 e. The Balaban J connectivity index is 2.40. The van der Waals surface area contributed by atoms with Crippen LogP contribution in [0.25, 0.3) is 0 Å². The first-order valence-corrected chi connectivity index (χ1v) is 5.39. The van der Waals surface area contributed by atoms with Gasteiger partial charge in [-0.25, -0.2) is 0 Å². The Morgan fingerprint density at radius 2 is 1.94 bits per heavy atom. The zero-order valence-corrected chi connectivity index (χ0v) is 9.78. The van der Waals surface area contributed by atoms with Gasteiger partial charge in [0.15, 0.2) is 11.5 Å². The fourth-order valence-electron chi connectivity index (χ4n) is 2.05. The van der Waals surface area contributed by atoms with Gasteiger partial charge in [-0.3, -0.25) is 0 Å². The van der Waals surface area contributed by atoms with Crippen LogP contribution in [0.1, 0.15) is 24.1 Å². The maximum atomic E-state index is 9.70. The van der Waals surface area contributed by atoms with Crippen LogP contribution in [0, 0.1) is 6.92 Å². The number of aryl methyl sites for hydroxylation is 1. The van der Waals surface area contributed by atoms with E-state index in [1.54, 1.807) is 6.92 Å². The van der Waals surface area contributed by atoms with Crippen molar-refractivity contribution in [1.82, 2.24) is 5.32 Å². The minimum absolute atomic E-state index is 0.0884. The van der Waals surface area contributed by atoms with Gasteiger partial charge in [-0.2, -0.15) is 0 Å². The summed E-state index contributed by atoms with van der Waals surface area (Å²) in [6.45, 7) is 4.05. The number of ether oxygens (including phenoxy) is 2. The SMILES string of the molecule is CNC(c1cc2c(cc1C)OCO2)C(C)O. The number of rotatable bonds is 3. The van der Waals surface area contributed by atoms with Crippen molar-refractivity contribution in [3.8, 4) is 11.5 Å². The van der Waals surface area contributed by atoms with E-state index >= 15 is 0 Å². The first kappa shape index (κ1) is 11.2. The molecule has 4 heteroatoms. The first-order chi connectivity index (χ1) is 7.63. The van der Waals surface area contributed by atoms with E-state index in [1.807, 2.05) is 26.1 Å². The molecule has 4 nitrogen and oxygen atoms in total. The van der Waals surface area contributed by atoms with Gasteiger partial charge in [0.25, 0.3) is 0 Å². The van der Waals surface area contributed by atoms with Gasteiger partial charge >= 0.3 is 0 Å². The molecule has 0 amide bonds. The highest BCUT2D eigenvalue weighted by molar-refractivity contribution is 5.49. The summed E-state index contributed by atoms with van der Waals surface area (Å²) >= 11 is 0. The summed E-state index contributed by atoms with van der Waals surface area (Å²) in [6, 6.07) is 3.80. The second kappa shape index (κ2) is 4.31. The van der Waals surface area contributed by atoms with Crippen LogP contribution in [0.15, 0.2) is 12.1 Å². The topological polar surface area (TPSA) is 50.7 Å². The van der Waals surface area contributed by atoms with Gasteiger partial charge in [-0.05, 0) is 44.2 Å². The van der Waals surface area contributed by atoms with E-state index in [4.69, 9.17) is 9.47 Å². The Morgan fingerprint density at radius 3 is 2.50 bits per heavy atom. The third kappa shape index (κ3) is 1.86. The summed E-state index contributed by atoms with van der Waals surface area (Å²) in [7, 11) is 1.83. The van der Waals surface area contributed by atoms with Gasteiger partial charge < -0.3 is 19.9 Å². The van der Waals surface area contributed by atoms with E-state index in [0.29, 0.717) is 0 Å². The van der Waals surface area contributed by atoms with Crippen LogP contribution in [0.2, 0.25) is 0 Å². The third-order valence-electron chi connectivity index (χ3n) is 2.89. The van der Waals surface area contributed by atoms with E-state index in [-0.39, 0.29) is 12.8 Å². The number of aliphatic hydroxyl groups excluding tert-OH is 1. The van der Waals surface area contributed by atoms with Crippen LogP contribution in [0.3, 0.4) is 0 Å². The lowest BCUT2D eigenvalue weighted by atomic mass is 9.97. The zero-order valence-electron chi connectivity index (χ0n) is 9.78. The summed E-state index contributed by atoms with van der Waals surface area (Å²) in [4.78, 5) is 0. The molecule has 1 aliphatic heterocycles. The molecule has 2 rings (SSSR count). The first-order valence-electron chi connectivity index (χ1n) is 5.39. The fraction of sp³-hybridized carbons (Fsp3) is 0.500. The van der Waals surface area contributed by atoms with Crippen LogP contribution >= 0.6 is 0 Å². The zero-order chi connectivity index (χ0) is 11.7. The van der Waals surface area contributed by atoms with Crippen molar-refractivity contribution in [3.63, 3.8) is 0 Å². The molecule has 0 aliphatic carbocycles. The Bertz CT molecular complexity index is 390. The maximum Gasteiger partial charge on any atom is 0.231 e. The molecule has 88 valence electrons. The number of fused-ring (bicyclic) bond motifs is 1. The molecule has 1 heterocycles. The van der Waals surface area contributed by atoms with Crippen LogP contribution < -0.4 is 14.8 Å². The van der Waals surface area contributed by atoms with Crippen molar-refractivity contribution in [2.45, 2.75) is 26.0 Å². The molecule has 1 aliphatic rings. The predicted octanol–water partition coefficient (Wildman–Crippen LogP) is 1.37. The van der Waals surface area contributed by atoms with Crippen molar-refractivity contribution in [1.29, 1.82) is 0 Å². The minimum atomic E-state index is -0.455. The highest BCUT2D eigenvalue weighted by atomic mass is 16.7. The average molecular weight is 223 g/mol. The van der Waals surface area contributed by atoms with Crippen LogP contribution in [0.5, 0.6) is 11.5 Å². The monoisotopic (exact) mass is 223 g/mol. The maximum absolute atomic E-state index is 9.70. The molecule has 0 saturated carbocycles. The van der Waals surface area contributed by atoms with Crippen molar-refractivity contribution < 1.29 is 14.6 Å². The average Bonchev–Trinajstić information content (AvgIpc) is 2.65. The highest BCUT2D eigenvalue weighted by Gasteiger charge is 2.22. The smallest absolute Gasteiger partial charge is 0.231 e. The quantitative estimate of drug-likeness (QED) is 0.812. The molecule has 2 N–H and O–H groups in total. The molecule has 1 aromatic rings. The second-order valence-electron chi connectivity index (χ2n) is 4.07. The Kier molecular flexibility index (Phi) is 3.03. The third-order valence-corrected chi connectivity index (χ3v) is 2.89. The molecule has 0 radical (unpaired) electrons. The highest BCUT2D eigenvalue weighted by Crippen LogP contribution is 2.37. The molecule has 0 fully saturated rings. The van der Waals surface area contributed by atoms with Gasteiger partial charge in [0.1, 0.15) is 0 Å². The number of aliphatic hydroxyl groups is 1. The number of nitrogens with one attached hydrogen (secondary N) is 1. The molecule has 1 aromatic carbocycles. The molecule has 2 atom stereocenters. The fourth-order valence-corrected chi connectivity index (χ4v) is 2.05. The Labute approximate surface area is 95.2 Å². The van der Waals surface area contributed by atoms with Crippen molar-refractivity contribution in [2.75, 3.05) is 13.8 Å². The van der Waals surface area contributed by atoms with E-state index < -0.39 is 6.10 Å². The number of hydrogen-bond donors (Lipinski definition) is 2. The molecule has 0 saturated heterocycles. The second-order valence-corrected chi connectivity index (χ2v) is 4.07. The normalized spacial score (nSPS) is 17.2. The number of likely N-dealkylation sites (N-methyl/N-ethyl adjacent to an activating group) is 1. The molecular weight excluding hydrogens is 206 g/mol. The van der Waals surface area contributed by atoms with Crippen LogP contribution in [-0.2, 0) is 0 Å². The number of benzene rings is 1. The molecule has 0 spiro atoms. The summed E-state index contributed by atoms with van der Waals surface area (Å²) in [6.07, 6.45) is -0.455. The molecular formula is C12H17NO3. The van der Waals surface area contributed by atoms with E-state index in [9.17, 15) is 5.11 Å². The predicted molar refractivity (Wildman–Crippen MR) is 60.8 cm³/mol. The van der Waals surface area contributed by atoms with Crippen molar-refractivity contribution >= 4 is 0 Å². The summed E-state index contributed by atoms with van der Waals surface area (Å²) in [5, 5.41) is 12.8. The lowest BCUT2D eigenvalue weighted by molar-refractivity contribution is 0.149. The summed E-state index contributed by atoms with van der Waals surface area (Å²) in [5.41, 5.74) is 2.13. The van der Waals surface area contributed by atoms with Crippen LogP contribution in [-0.4, -0.2) is 25.1 Å². The van der Waals surface area contributed by atoms with E-state index in [1.165, 1.54) is 0 Å². The summed E-state index contributed by atoms with van der Waals surface area (Å²) < 4.78 is 10.6. The Morgan fingerprint density at radius 1 is 1.31 bits per heavy atom. The van der Waals surface area contributed by atoms with E-state index in [2.05, 4.69) is 5.32 Å². The standard InChI is InChI=1S/C12H17NO3/c1-7-4-10-11(16-6-15-10)5-9(7)12(13-3)8(2)14/h4-5,8,12-14H,6H2,1-3H3. The van der Waals surface area contributed by atoms with Crippen molar-refractivity contribution in [2.24, 2.45) is 0 Å². The lowest BCUT2D eigenvalue weighted by Gasteiger charge is -2.21. The molecule has 0 aromatic heterocycles. The molecule has 0 bridgehead atoms. The molecule has 2 unspecified atom stereocenters. The minimum Gasteiger partial charge on any atom is -0.454 e. The van der Waals surface area contributed by atoms with Gasteiger partial charge in [0, 0.05) is 0 Å². The van der Waals surface area contributed by atoms with Gasteiger partial charge in [0.05, 0.1) is 12.1 Å². The Hall–Kier alpha value is -1.26.